The summed E-state index contributed by atoms with van der Waals surface area (Å²) in [6.45, 7) is 9.09. The van der Waals surface area contributed by atoms with Crippen LogP contribution in [0.4, 0.5) is 0 Å². The molecule has 0 amide bonds. The second kappa shape index (κ2) is 7.34. The molecular formula is C24H38O3S. The summed E-state index contributed by atoms with van der Waals surface area (Å²) in [5, 5.41) is 0.398. The van der Waals surface area contributed by atoms with Crippen molar-refractivity contribution in [1.29, 1.82) is 0 Å². The Kier molecular flexibility index (Phi) is 5.44. The topological polar surface area (TPSA) is 35.5 Å². The van der Waals surface area contributed by atoms with Crippen molar-refractivity contribution in [3.05, 3.63) is 11.6 Å². The summed E-state index contributed by atoms with van der Waals surface area (Å²) < 4.78 is 12.2. The van der Waals surface area contributed by atoms with Crippen LogP contribution in [0.2, 0.25) is 0 Å². The average molecular weight is 407 g/mol. The first-order valence-electron chi connectivity index (χ1n) is 11.4. The van der Waals surface area contributed by atoms with Crippen LogP contribution in [0, 0.1) is 34.5 Å². The number of methoxy groups -OCH3 is 1. The van der Waals surface area contributed by atoms with E-state index in [4.69, 9.17) is 22.1 Å². The number of hydrogen-bond donors (Lipinski definition) is 1. The number of carbonyl (C=O) groups is 1. The molecule has 0 bridgehead atoms. The van der Waals surface area contributed by atoms with Gasteiger partial charge in [0.05, 0.1) is 6.10 Å². The Morgan fingerprint density at radius 2 is 2.00 bits per heavy atom. The third kappa shape index (κ3) is 3.00. The van der Waals surface area contributed by atoms with E-state index in [1.54, 1.807) is 5.57 Å². The lowest BCUT2D eigenvalue weighted by Gasteiger charge is -2.60. The van der Waals surface area contributed by atoms with E-state index in [-0.39, 0.29) is 23.6 Å². The fourth-order valence-electron chi connectivity index (χ4n) is 7.69. The Hall–Kier alpha value is -0.480. The summed E-state index contributed by atoms with van der Waals surface area (Å²) in [6.07, 6.45) is 10.2. The molecule has 4 heteroatoms. The highest BCUT2D eigenvalue weighted by atomic mass is 32.1. The summed E-state index contributed by atoms with van der Waals surface area (Å²) in [5.74, 6) is 2.20. The van der Waals surface area contributed by atoms with Gasteiger partial charge in [0.2, 0.25) is 0 Å². The van der Waals surface area contributed by atoms with Gasteiger partial charge in [-0.1, -0.05) is 39.3 Å². The SMILES string of the molecule is CCC(=O)O[C@@H]1[C@H](C)CC2C3C(CC[C@@]21C)[C@@]1(C)CC[C@H](S)C=C1C[C@@H]3OC. The Morgan fingerprint density at radius 3 is 2.68 bits per heavy atom. The lowest BCUT2D eigenvalue weighted by molar-refractivity contribution is -0.167. The maximum atomic E-state index is 12.1. The van der Waals surface area contributed by atoms with Crippen molar-refractivity contribution in [2.24, 2.45) is 34.5 Å². The number of esters is 1. The summed E-state index contributed by atoms with van der Waals surface area (Å²) >= 11 is 4.76. The first-order valence-corrected chi connectivity index (χ1v) is 11.9. The molecule has 0 aliphatic heterocycles. The number of thiol groups is 1. The van der Waals surface area contributed by atoms with Crippen molar-refractivity contribution < 1.29 is 14.3 Å². The molecule has 0 aromatic carbocycles. The second-order valence-electron chi connectivity index (χ2n) is 10.5. The minimum atomic E-state index is -0.0444. The lowest BCUT2D eigenvalue weighted by Crippen LogP contribution is -2.56. The van der Waals surface area contributed by atoms with Crippen LogP contribution in [0.5, 0.6) is 0 Å². The van der Waals surface area contributed by atoms with Gasteiger partial charge in [0.25, 0.3) is 0 Å². The largest absolute Gasteiger partial charge is 0.461 e. The van der Waals surface area contributed by atoms with E-state index in [1.807, 2.05) is 14.0 Å². The van der Waals surface area contributed by atoms with Gasteiger partial charge in [-0.3, -0.25) is 4.79 Å². The molecule has 0 saturated heterocycles. The molecule has 0 aromatic heterocycles. The van der Waals surface area contributed by atoms with Gasteiger partial charge in [-0.2, -0.15) is 12.6 Å². The molecule has 28 heavy (non-hydrogen) atoms. The molecule has 3 fully saturated rings. The van der Waals surface area contributed by atoms with E-state index in [2.05, 4.69) is 26.8 Å². The summed E-state index contributed by atoms with van der Waals surface area (Å²) in [4.78, 5) is 12.1. The summed E-state index contributed by atoms with van der Waals surface area (Å²) in [6, 6.07) is 0. The molecule has 4 aliphatic carbocycles. The average Bonchev–Trinajstić information content (AvgIpc) is 2.92. The molecule has 4 aliphatic rings. The summed E-state index contributed by atoms with van der Waals surface area (Å²) in [5.41, 5.74) is 1.97. The van der Waals surface area contributed by atoms with Crippen LogP contribution in [-0.4, -0.2) is 30.5 Å². The molecule has 0 heterocycles. The normalized spacial score (nSPS) is 50.2. The van der Waals surface area contributed by atoms with Crippen molar-refractivity contribution >= 4 is 18.6 Å². The van der Waals surface area contributed by atoms with Crippen LogP contribution < -0.4 is 0 Å². The maximum absolute atomic E-state index is 12.1. The molecule has 4 rings (SSSR count). The fourth-order valence-corrected chi connectivity index (χ4v) is 8.00. The smallest absolute Gasteiger partial charge is 0.305 e. The quantitative estimate of drug-likeness (QED) is 0.385. The van der Waals surface area contributed by atoms with Gasteiger partial charge in [0.15, 0.2) is 0 Å². The highest BCUT2D eigenvalue weighted by Crippen LogP contribution is 2.67. The molecule has 0 N–H and O–H groups in total. The van der Waals surface area contributed by atoms with E-state index < -0.39 is 0 Å². The first-order chi connectivity index (χ1) is 13.2. The van der Waals surface area contributed by atoms with Gasteiger partial charge in [-0.25, -0.2) is 0 Å². The van der Waals surface area contributed by atoms with Gasteiger partial charge in [-0.15, -0.1) is 0 Å². The van der Waals surface area contributed by atoms with Crippen molar-refractivity contribution in [1.82, 2.24) is 0 Å². The predicted molar refractivity (Wildman–Crippen MR) is 115 cm³/mol. The zero-order valence-corrected chi connectivity index (χ0v) is 19.1. The minimum absolute atomic E-state index is 0.0444. The predicted octanol–water partition coefficient (Wildman–Crippen LogP) is 5.44. The molecule has 158 valence electrons. The highest BCUT2D eigenvalue weighted by Gasteiger charge is 2.63. The van der Waals surface area contributed by atoms with Gasteiger partial charge < -0.3 is 9.47 Å². The Bertz CT molecular complexity index is 660. The standard InChI is InChI=1S/C24H38O3S/c1-6-20(25)27-22-14(2)11-18-21-17(8-10-24(18,22)4)23(3)9-7-16(28)12-15(23)13-19(21)26-5/h12,14,16-19,21-22,28H,6-11,13H2,1-5H3/t14-,16+,17?,18?,19+,21?,22-,23+,24+/m1/s1. The first kappa shape index (κ1) is 20.8. The molecular weight excluding hydrogens is 368 g/mol. The van der Waals surface area contributed by atoms with Gasteiger partial charge in [-0.05, 0) is 67.6 Å². The number of fused-ring (bicyclic) bond motifs is 5. The highest BCUT2D eigenvalue weighted by molar-refractivity contribution is 7.81. The van der Waals surface area contributed by atoms with Crippen molar-refractivity contribution in [2.45, 2.75) is 90.1 Å². The van der Waals surface area contributed by atoms with E-state index in [0.29, 0.717) is 40.8 Å². The molecule has 0 spiro atoms. The molecule has 0 aromatic rings. The van der Waals surface area contributed by atoms with E-state index >= 15 is 0 Å². The third-order valence-electron chi connectivity index (χ3n) is 9.17. The maximum Gasteiger partial charge on any atom is 0.305 e. The van der Waals surface area contributed by atoms with Crippen LogP contribution in [0.25, 0.3) is 0 Å². The molecule has 3 unspecified atom stereocenters. The molecule has 0 radical (unpaired) electrons. The minimum Gasteiger partial charge on any atom is -0.461 e. The van der Waals surface area contributed by atoms with Crippen LogP contribution in [0.15, 0.2) is 11.6 Å². The van der Waals surface area contributed by atoms with Crippen molar-refractivity contribution in [2.75, 3.05) is 7.11 Å². The van der Waals surface area contributed by atoms with Gasteiger partial charge in [0.1, 0.15) is 6.10 Å². The fraction of sp³-hybridized carbons (Fsp3) is 0.875. The Labute approximate surface area is 176 Å². The zero-order chi connectivity index (χ0) is 20.3. The Balaban J connectivity index is 1.69. The zero-order valence-electron chi connectivity index (χ0n) is 18.2. The molecule has 3 nitrogen and oxygen atoms in total. The van der Waals surface area contributed by atoms with Crippen LogP contribution in [0.1, 0.15) is 72.6 Å². The number of ether oxygens (including phenoxy) is 2. The van der Waals surface area contributed by atoms with Crippen LogP contribution in [-0.2, 0) is 14.3 Å². The van der Waals surface area contributed by atoms with E-state index in [1.165, 1.54) is 19.3 Å². The lowest BCUT2D eigenvalue weighted by atomic mass is 9.46. The number of rotatable bonds is 3. The molecule has 9 atom stereocenters. The van der Waals surface area contributed by atoms with Crippen LogP contribution in [0.3, 0.4) is 0 Å². The third-order valence-corrected chi connectivity index (χ3v) is 9.58. The van der Waals surface area contributed by atoms with Crippen LogP contribution >= 0.6 is 12.6 Å². The van der Waals surface area contributed by atoms with Gasteiger partial charge >= 0.3 is 5.97 Å². The van der Waals surface area contributed by atoms with E-state index in [9.17, 15) is 4.79 Å². The van der Waals surface area contributed by atoms with Gasteiger partial charge in [0, 0.05) is 24.2 Å². The number of carbonyl (C=O) groups excluding carboxylic acids is 1. The monoisotopic (exact) mass is 406 g/mol. The van der Waals surface area contributed by atoms with E-state index in [0.717, 1.165) is 19.3 Å². The summed E-state index contributed by atoms with van der Waals surface area (Å²) in [7, 11) is 1.89. The van der Waals surface area contributed by atoms with Crippen molar-refractivity contribution in [3.8, 4) is 0 Å². The van der Waals surface area contributed by atoms with Crippen molar-refractivity contribution in [3.63, 3.8) is 0 Å². The second-order valence-corrected chi connectivity index (χ2v) is 11.2. The Morgan fingerprint density at radius 1 is 1.25 bits per heavy atom. The molecule has 3 saturated carbocycles. The number of hydrogen-bond acceptors (Lipinski definition) is 4.